The Morgan fingerprint density at radius 1 is 1.41 bits per heavy atom. The summed E-state index contributed by atoms with van der Waals surface area (Å²) in [5.41, 5.74) is 0. The van der Waals surface area contributed by atoms with Gasteiger partial charge in [-0.2, -0.15) is 5.10 Å². The molecule has 1 aromatic rings. The van der Waals surface area contributed by atoms with E-state index in [0.717, 1.165) is 18.3 Å². The van der Waals surface area contributed by atoms with E-state index in [2.05, 4.69) is 22.3 Å². The summed E-state index contributed by atoms with van der Waals surface area (Å²) in [5, 5.41) is 7.76. The van der Waals surface area contributed by atoms with Crippen molar-refractivity contribution in [2.24, 2.45) is 13.0 Å². The Morgan fingerprint density at radius 2 is 2.18 bits per heavy atom. The van der Waals surface area contributed by atoms with Gasteiger partial charge in [-0.15, -0.1) is 0 Å². The number of nitrogens with one attached hydrogen (secondary N) is 1. The molecule has 1 aliphatic carbocycles. The minimum absolute atomic E-state index is 0.645. The third-order valence-corrected chi connectivity index (χ3v) is 3.99. The predicted molar refractivity (Wildman–Crippen MR) is 68.5 cm³/mol. The second kappa shape index (κ2) is 6.15. The SMILES string of the molecule is CCC(NCc1ncnn1C)C1CCCCC1. The summed E-state index contributed by atoms with van der Waals surface area (Å²) in [4.78, 5) is 4.26. The molecule has 17 heavy (non-hydrogen) atoms. The van der Waals surface area contributed by atoms with Crippen molar-refractivity contribution in [1.82, 2.24) is 20.1 Å². The van der Waals surface area contributed by atoms with Gasteiger partial charge in [-0.3, -0.25) is 4.68 Å². The summed E-state index contributed by atoms with van der Waals surface area (Å²) in [7, 11) is 1.95. The number of nitrogens with zero attached hydrogens (tertiary/aromatic N) is 3. The predicted octanol–water partition coefficient (Wildman–Crippen LogP) is 2.26. The summed E-state index contributed by atoms with van der Waals surface area (Å²) in [6.07, 6.45) is 9.87. The fourth-order valence-corrected chi connectivity index (χ4v) is 2.88. The average Bonchev–Trinajstić information content (AvgIpc) is 2.77. The molecule has 1 saturated carbocycles. The maximum Gasteiger partial charge on any atom is 0.140 e. The molecule has 0 spiro atoms. The van der Waals surface area contributed by atoms with Crippen molar-refractivity contribution in [2.45, 2.75) is 58.0 Å². The van der Waals surface area contributed by atoms with E-state index in [0.29, 0.717) is 6.04 Å². The molecule has 1 aromatic heterocycles. The third-order valence-electron chi connectivity index (χ3n) is 3.99. The van der Waals surface area contributed by atoms with E-state index in [1.165, 1.54) is 38.5 Å². The van der Waals surface area contributed by atoms with E-state index in [4.69, 9.17) is 0 Å². The molecule has 1 fully saturated rings. The van der Waals surface area contributed by atoms with Gasteiger partial charge in [0.15, 0.2) is 0 Å². The van der Waals surface area contributed by atoms with Crippen LogP contribution >= 0.6 is 0 Å². The third kappa shape index (κ3) is 3.28. The highest BCUT2D eigenvalue weighted by Crippen LogP contribution is 2.27. The van der Waals surface area contributed by atoms with Crippen molar-refractivity contribution >= 4 is 0 Å². The number of aromatic nitrogens is 3. The van der Waals surface area contributed by atoms with Gasteiger partial charge < -0.3 is 5.32 Å². The van der Waals surface area contributed by atoms with Crippen LogP contribution in [0.25, 0.3) is 0 Å². The summed E-state index contributed by atoms with van der Waals surface area (Å²) in [6.45, 7) is 3.12. The Labute approximate surface area is 104 Å². The topological polar surface area (TPSA) is 42.7 Å². The summed E-state index contributed by atoms with van der Waals surface area (Å²) >= 11 is 0. The molecule has 0 bridgehead atoms. The lowest BCUT2D eigenvalue weighted by Gasteiger charge is -2.30. The second-order valence-electron chi connectivity index (χ2n) is 5.09. The highest BCUT2D eigenvalue weighted by molar-refractivity contribution is 4.85. The van der Waals surface area contributed by atoms with Crippen LogP contribution in [0.1, 0.15) is 51.3 Å². The van der Waals surface area contributed by atoms with Crippen LogP contribution in [-0.2, 0) is 13.6 Å². The first kappa shape index (κ1) is 12.6. The van der Waals surface area contributed by atoms with E-state index >= 15 is 0 Å². The van der Waals surface area contributed by atoms with E-state index in [9.17, 15) is 0 Å². The molecule has 4 nitrogen and oxygen atoms in total. The van der Waals surface area contributed by atoms with Crippen molar-refractivity contribution in [3.63, 3.8) is 0 Å². The van der Waals surface area contributed by atoms with E-state index in [-0.39, 0.29) is 0 Å². The number of hydrogen-bond donors (Lipinski definition) is 1. The lowest BCUT2D eigenvalue weighted by Crippen LogP contribution is -2.36. The number of rotatable bonds is 5. The number of aryl methyl sites for hydroxylation is 1. The fraction of sp³-hybridized carbons (Fsp3) is 0.846. The molecular weight excluding hydrogens is 212 g/mol. The van der Waals surface area contributed by atoms with Crippen LogP contribution in [0.5, 0.6) is 0 Å². The normalized spacial score (nSPS) is 19.4. The molecule has 1 aliphatic rings. The van der Waals surface area contributed by atoms with Gasteiger partial charge in [0.1, 0.15) is 12.2 Å². The molecule has 1 atom stereocenters. The molecule has 1 heterocycles. The van der Waals surface area contributed by atoms with Gasteiger partial charge in [0.05, 0.1) is 6.54 Å². The molecule has 1 N–H and O–H groups in total. The average molecular weight is 236 g/mol. The van der Waals surface area contributed by atoms with Gasteiger partial charge in [0.25, 0.3) is 0 Å². The zero-order valence-corrected chi connectivity index (χ0v) is 11.0. The minimum atomic E-state index is 0.645. The van der Waals surface area contributed by atoms with E-state index < -0.39 is 0 Å². The molecular formula is C13H24N4. The van der Waals surface area contributed by atoms with E-state index in [1.807, 2.05) is 11.7 Å². The van der Waals surface area contributed by atoms with Gasteiger partial charge in [-0.05, 0) is 25.2 Å². The van der Waals surface area contributed by atoms with Gasteiger partial charge in [0.2, 0.25) is 0 Å². The van der Waals surface area contributed by atoms with Gasteiger partial charge in [-0.25, -0.2) is 4.98 Å². The zero-order chi connectivity index (χ0) is 12.1. The van der Waals surface area contributed by atoms with Crippen LogP contribution in [0.2, 0.25) is 0 Å². The standard InChI is InChI=1S/C13H24N4/c1-3-12(11-7-5-4-6-8-11)14-9-13-15-10-16-17(13)2/h10-12,14H,3-9H2,1-2H3. The highest BCUT2D eigenvalue weighted by atomic mass is 15.3. The Morgan fingerprint density at radius 3 is 2.76 bits per heavy atom. The van der Waals surface area contributed by atoms with Crippen molar-refractivity contribution < 1.29 is 0 Å². The molecule has 1 unspecified atom stereocenters. The van der Waals surface area contributed by atoms with Gasteiger partial charge in [0, 0.05) is 13.1 Å². The lowest BCUT2D eigenvalue weighted by molar-refractivity contribution is 0.259. The summed E-state index contributed by atoms with van der Waals surface area (Å²) < 4.78 is 1.85. The molecule has 0 amide bonds. The van der Waals surface area contributed by atoms with Crippen LogP contribution in [0.4, 0.5) is 0 Å². The fourth-order valence-electron chi connectivity index (χ4n) is 2.88. The van der Waals surface area contributed by atoms with Gasteiger partial charge >= 0.3 is 0 Å². The van der Waals surface area contributed by atoms with Crippen molar-refractivity contribution in [1.29, 1.82) is 0 Å². The summed E-state index contributed by atoms with van der Waals surface area (Å²) in [5.74, 6) is 1.89. The first-order valence-corrected chi connectivity index (χ1v) is 6.87. The van der Waals surface area contributed by atoms with Gasteiger partial charge in [-0.1, -0.05) is 26.2 Å². The number of hydrogen-bond acceptors (Lipinski definition) is 3. The zero-order valence-electron chi connectivity index (χ0n) is 11.0. The minimum Gasteiger partial charge on any atom is -0.307 e. The lowest BCUT2D eigenvalue weighted by atomic mass is 9.83. The summed E-state index contributed by atoms with van der Waals surface area (Å²) in [6, 6.07) is 0.645. The molecule has 0 radical (unpaired) electrons. The van der Waals surface area contributed by atoms with Crippen LogP contribution in [0, 0.1) is 5.92 Å². The second-order valence-corrected chi connectivity index (χ2v) is 5.09. The largest absolute Gasteiger partial charge is 0.307 e. The smallest absolute Gasteiger partial charge is 0.140 e. The maximum atomic E-state index is 4.26. The molecule has 96 valence electrons. The van der Waals surface area contributed by atoms with Crippen LogP contribution in [0.3, 0.4) is 0 Å². The molecule has 0 saturated heterocycles. The monoisotopic (exact) mass is 236 g/mol. The first-order valence-electron chi connectivity index (χ1n) is 6.87. The van der Waals surface area contributed by atoms with Crippen LogP contribution in [-0.4, -0.2) is 20.8 Å². The maximum absolute atomic E-state index is 4.26. The molecule has 2 rings (SSSR count). The van der Waals surface area contributed by atoms with Crippen molar-refractivity contribution in [2.75, 3.05) is 0 Å². The Hall–Kier alpha value is -0.900. The van der Waals surface area contributed by atoms with E-state index in [1.54, 1.807) is 6.33 Å². The first-order chi connectivity index (χ1) is 8.31. The quantitative estimate of drug-likeness (QED) is 0.852. The van der Waals surface area contributed by atoms with Crippen molar-refractivity contribution in [3.8, 4) is 0 Å². The Bertz CT molecular complexity index is 328. The van der Waals surface area contributed by atoms with Crippen molar-refractivity contribution in [3.05, 3.63) is 12.2 Å². The Balaban J connectivity index is 1.84. The highest BCUT2D eigenvalue weighted by Gasteiger charge is 2.22. The Kier molecular flexibility index (Phi) is 4.54. The molecule has 0 aromatic carbocycles. The van der Waals surface area contributed by atoms with Crippen LogP contribution < -0.4 is 5.32 Å². The molecule has 0 aliphatic heterocycles. The molecule has 4 heteroatoms. The van der Waals surface area contributed by atoms with Crippen LogP contribution in [0.15, 0.2) is 6.33 Å².